The third kappa shape index (κ3) is 5.90. The fraction of sp³-hybridized carbons (Fsp3) is 0.194. The highest BCUT2D eigenvalue weighted by molar-refractivity contribution is 7.82. The fourth-order valence-corrected chi connectivity index (χ4v) is 6.23. The van der Waals surface area contributed by atoms with Crippen molar-refractivity contribution in [2.75, 3.05) is 0 Å². The molecule has 0 bridgehead atoms. The molecule has 6 rings (SSSR count). The summed E-state index contributed by atoms with van der Waals surface area (Å²) < 4.78 is 57.7. The van der Waals surface area contributed by atoms with Crippen molar-refractivity contribution >= 4 is 28.3 Å². The molecule has 0 aliphatic heterocycles. The molecule has 0 amide bonds. The zero-order valence-electron chi connectivity index (χ0n) is 22.8. The van der Waals surface area contributed by atoms with E-state index in [2.05, 4.69) is 4.98 Å². The zero-order chi connectivity index (χ0) is 30.4. The first-order valence-electron chi connectivity index (χ1n) is 13.4. The number of nitrogens with two attached hydrogens (primary N) is 1. The standard InChI is InChI=1S/C31H25F3N4O3S2/c1-16-2-6-19(14-24(16)33)21-13-20(7-8-23(21)32)29-22(10-18-5-9-28(43(35)41)25(34)11-18)27(12-17-3-4-17)38(37-29)31-36-26(15-42-31)30(39)40/h2,5-9,11,13-15,17H,3-4,10,12,35H2,1H3,(H,39,40). The summed E-state index contributed by atoms with van der Waals surface area (Å²) in [5.41, 5.74) is 3.96. The van der Waals surface area contributed by atoms with E-state index in [9.17, 15) is 22.9 Å². The van der Waals surface area contributed by atoms with E-state index in [0.29, 0.717) is 45.4 Å². The summed E-state index contributed by atoms with van der Waals surface area (Å²) in [5.74, 6) is -2.47. The van der Waals surface area contributed by atoms with Crippen molar-refractivity contribution in [2.45, 2.75) is 37.5 Å². The third-order valence-corrected chi connectivity index (χ3v) is 9.06. The van der Waals surface area contributed by atoms with Crippen LogP contribution in [0.15, 0.2) is 64.9 Å². The van der Waals surface area contributed by atoms with Crippen LogP contribution in [-0.2, 0) is 23.8 Å². The molecule has 0 spiro atoms. The van der Waals surface area contributed by atoms with Crippen LogP contribution in [0.1, 0.15) is 45.7 Å². The molecule has 1 fully saturated rings. The molecule has 1 aliphatic rings. The Morgan fingerprint density at radius 2 is 1.81 bits per heavy atom. The predicted molar refractivity (Wildman–Crippen MR) is 158 cm³/mol. The molecule has 220 valence electrons. The number of aromatic carboxylic acids is 1. The highest BCUT2D eigenvalue weighted by atomic mass is 32.2. The molecular weight excluding hydrogens is 597 g/mol. The van der Waals surface area contributed by atoms with Gasteiger partial charge in [-0.05, 0) is 85.2 Å². The first kappa shape index (κ1) is 29.0. The lowest BCUT2D eigenvalue weighted by atomic mass is 9.94. The third-order valence-electron chi connectivity index (χ3n) is 7.48. The molecule has 2 aromatic heterocycles. The summed E-state index contributed by atoms with van der Waals surface area (Å²) in [7, 11) is -1.99. The van der Waals surface area contributed by atoms with Crippen LogP contribution in [0, 0.1) is 30.3 Å². The summed E-state index contributed by atoms with van der Waals surface area (Å²) in [6, 6.07) is 13.3. The Balaban J connectivity index is 1.54. The molecule has 1 aliphatic carbocycles. The number of nitrogens with zero attached hydrogens (tertiary/aromatic N) is 3. The number of rotatable bonds is 9. The zero-order valence-corrected chi connectivity index (χ0v) is 24.4. The van der Waals surface area contributed by atoms with Crippen molar-refractivity contribution in [2.24, 2.45) is 11.1 Å². The molecule has 43 heavy (non-hydrogen) atoms. The summed E-state index contributed by atoms with van der Waals surface area (Å²) in [6.45, 7) is 1.63. The lowest BCUT2D eigenvalue weighted by Gasteiger charge is -2.11. The van der Waals surface area contributed by atoms with Gasteiger partial charge in [-0.1, -0.05) is 18.2 Å². The van der Waals surface area contributed by atoms with Crippen LogP contribution in [0.3, 0.4) is 0 Å². The Morgan fingerprint density at radius 3 is 2.47 bits per heavy atom. The molecule has 5 aromatic rings. The summed E-state index contributed by atoms with van der Waals surface area (Å²) in [5, 5.41) is 21.5. The Hall–Kier alpha value is -4.13. The van der Waals surface area contributed by atoms with Crippen LogP contribution in [0.25, 0.3) is 27.5 Å². The molecule has 1 unspecified atom stereocenters. The van der Waals surface area contributed by atoms with Gasteiger partial charge in [0.15, 0.2) is 5.69 Å². The smallest absolute Gasteiger partial charge is 0.355 e. The number of aromatic nitrogens is 3. The molecule has 3 aromatic carbocycles. The Kier molecular flexibility index (Phi) is 7.75. The van der Waals surface area contributed by atoms with Crippen LogP contribution in [0.4, 0.5) is 13.2 Å². The van der Waals surface area contributed by atoms with Gasteiger partial charge in [0.25, 0.3) is 0 Å². The predicted octanol–water partition coefficient (Wildman–Crippen LogP) is 6.61. The van der Waals surface area contributed by atoms with Crippen LogP contribution in [0.2, 0.25) is 0 Å². The van der Waals surface area contributed by atoms with E-state index in [1.807, 2.05) is 0 Å². The highest BCUT2D eigenvalue weighted by Gasteiger charge is 2.30. The van der Waals surface area contributed by atoms with Crippen LogP contribution in [-0.4, -0.2) is 30.0 Å². The number of aryl methyl sites for hydroxylation is 1. The quantitative estimate of drug-likeness (QED) is 0.192. The molecule has 0 saturated heterocycles. The Bertz CT molecular complexity index is 1920. The molecule has 7 nitrogen and oxygen atoms in total. The lowest BCUT2D eigenvalue weighted by Crippen LogP contribution is -2.07. The van der Waals surface area contributed by atoms with Gasteiger partial charge in [-0.2, -0.15) is 5.10 Å². The van der Waals surface area contributed by atoms with Crippen LogP contribution >= 0.6 is 11.3 Å². The van der Waals surface area contributed by atoms with Gasteiger partial charge in [0.2, 0.25) is 5.13 Å². The van der Waals surface area contributed by atoms with Gasteiger partial charge in [0, 0.05) is 28.5 Å². The van der Waals surface area contributed by atoms with Gasteiger partial charge in [0.1, 0.15) is 28.4 Å². The number of carboxylic acids is 1. The van der Waals surface area contributed by atoms with Crippen molar-refractivity contribution in [1.29, 1.82) is 0 Å². The Morgan fingerprint density at radius 1 is 1.05 bits per heavy atom. The van der Waals surface area contributed by atoms with E-state index < -0.39 is 34.4 Å². The van der Waals surface area contributed by atoms with Crippen molar-refractivity contribution in [3.05, 3.63) is 106 Å². The van der Waals surface area contributed by atoms with Crippen LogP contribution in [0.5, 0.6) is 0 Å². The second-order valence-corrected chi connectivity index (χ2v) is 12.4. The van der Waals surface area contributed by atoms with E-state index >= 15 is 4.39 Å². The molecular formula is C31H25F3N4O3S2. The number of halogens is 3. The van der Waals surface area contributed by atoms with E-state index in [4.69, 9.17) is 10.2 Å². The summed E-state index contributed by atoms with van der Waals surface area (Å²) in [4.78, 5) is 15.8. The second kappa shape index (κ2) is 11.5. The monoisotopic (exact) mass is 622 g/mol. The number of hydrogen-bond acceptors (Lipinski definition) is 5. The summed E-state index contributed by atoms with van der Waals surface area (Å²) in [6.07, 6.45) is 2.87. The number of benzene rings is 3. The minimum atomic E-state index is -1.99. The minimum Gasteiger partial charge on any atom is -0.476 e. The van der Waals surface area contributed by atoms with Gasteiger partial charge in [-0.25, -0.2) is 37.0 Å². The van der Waals surface area contributed by atoms with Gasteiger partial charge in [0.05, 0.1) is 16.3 Å². The van der Waals surface area contributed by atoms with Gasteiger partial charge >= 0.3 is 5.97 Å². The lowest BCUT2D eigenvalue weighted by molar-refractivity contribution is 0.0691. The van der Waals surface area contributed by atoms with Gasteiger partial charge in [-0.3, -0.25) is 0 Å². The normalized spacial score (nSPS) is 13.8. The first-order chi connectivity index (χ1) is 20.6. The summed E-state index contributed by atoms with van der Waals surface area (Å²) >= 11 is 1.13. The van der Waals surface area contributed by atoms with Gasteiger partial charge in [-0.15, -0.1) is 11.3 Å². The van der Waals surface area contributed by atoms with E-state index in [1.165, 1.54) is 29.6 Å². The maximum atomic E-state index is 15.1. The largest absolute Gasteiger partial charge is 0.476 e. The average Bonchev–Trinajstić information content (AvgIpc) is 3.53. The van der Waals surface area contributed by atoms with Crippen molar-refractivity contribution in [3.63, 3.8) is 0 Å². The van der Waals surface area contributed by atoms with Crippen molar-refractivity contribution < 1.29 is 27.3 Å². The first-order valence-corrected chi connectivity index (χ1v) is 15.5. The number of thiazole rings is 1. The van der Waals surface area contributed by atoms with E-state index in [0.717, 1.165) is 35.4 Å². The number of carboxylic acid groups (broad SMARTS) is 1. The molecule has 2 heterocycles. The minimum absolute atomic E-state index is 0.115. The van der Waals surface area contributed by atoms with E-state index in [-0.39, 0.29) is 22.6 Å². The molecule has 1 atom stereocenters. The van der Waals surface area contributed by atoms with Crippen LogP contribution < -0.4 is 5.14 Å². The highest BCUT2D eigenvalue weighted by Crippen LogP contribution is 2.39. The fourth-order valence-electron chi connectivity index (χ4n) is 5.00. The second-order valence-electron chi connectivity index (χ2n) is 10.6. The van der Waals surface area contributed by atoms with Crippen molar-refractivity contribution in [1.82, 2.24) is 14.8 Å². The van der Waals surface area contributed by atoms with Gasteiger partial charge < -0.3 is 5.11 Å². The maximum absolute atomic E-state index is 15.1. The van der Waals surface area contributed by atoms with Crippen molar-refractivity contribution in [3.8, 4) is 27.5 Å². The molecule has 0 radical (unpaired) electrons. The van der Waals surface area contributed by atoms with E-state index in [1.54, 1.807) is 41.9 Å². The number of carbonyl (C=O) groups is 1. The topological polar surface area (TPSA) is 111 Å². The average molecular weight is 623 g/mol. The molecule has 1 saturated carbocycles. The SMILES string of the molecule is Cc1ccc(-c2cc(-c3nn(-c4nc(C(=O)O)cs4)c(CC4CC4)c3Cc3ccc(S(N)=O)c(F)c3)ccc2F)cc1F. The molecule has 3 N–H and O–H groups in total. The number of hydrogen-bond donors (Lipinski definition) is 2. The molecule has 12 heteroatoms. The Labute approximate surface area is 251 Å². The maximum Gasteiger partial charge on any atom is 0.355 e.